The number of hydrogen-bond donors (Lipinski definition) is 1. The van der Waals surface area contributed by atoms with Crippen LogP contribution >= 0.6 is 0 Å². The SMILES string of the molecule is CCCCCCOc1ccc(N2CCCNCC2)c(F)c1. The molecule has 0 radical (unpaired) electrons. The van der Waals surface area contributed by atoms with E-state index in [1.54, 1.807) is 0 Å². The highest BCUT2D eigenvalue weighted by Crippen LogP contribution is 2.24. The van der Waals surface area contributed by atoms with Gasteiger partial charge in [0.2, 0.25) is 0 Å². The van der Waals surface area contributed by atoms with E-state index in [1.807, 2.05) is 12.1 Å². The Morgan fingerprint density at radius 1 is 1.19 bits per heavy atom. The van der Waals surface area contributed by atoms with E-state index in [9.17, 15) is 4.39 Å². The van der Waals surface area contributed by atoms with Crippen molar-refractivity contribution in [2.75, 3.05) is 37.7 Å². The molecular weight excluding hydrogens is 267 g/mol. The predicted octanol–water partition coefficient (Wildman–Crippen LogP) is 3.58. The van der Waals surface area contributed by atoms with E-state index in [-0.39, 0.29) is 5.82 Å². The molecule has 3 nitrogen and oxygen atoms in total. The minimum atomic E-state index is -0.178. The molecule has 0 bridgehead atoms. The largest absolute Gasteiger partial charge is 0.493 e. The van der Waals surface area contributed by atoms with Crippen molar-refractivity contribution in [1.82, 2.24) is 5.32 Å². The van der Waals surface area contributed by atoms with Crippen LogP contribution in [-0.2, 0) is 0 Å². The fraction of sp³-hybridized carbons (Fsp3) is 0.647. The molecule has 1 heterocycles. The molecule has 2 rings (SSSR count). The number of benzene rings is 1. The highest BCUT2D eigenvalue weighted by Gasteiger charge is 2.14. The van der Waals surface area contributed by atoms with Crippen LogP contribution < -0.4 is 15.0 Å². The summed E-state index contributed by atoms with van der Waals surface area (Å²) in [5.41, 5.74) is 0.692. The molecule has 0 aromatic heterocycles. The molecule has 1 aliphatic heterocycles. The molecular formula is C17H27FN2O. The van der Waals surface area contributed by atoms with Gasteiger partial charge in [0.15, 0.2) is 0 Å². The molecule has 0 amide bonds. The Balaban J connectivity index is 1.87. The van der Waals surface area contributed by atoms with Crippen LogP contribution in [0.15, 0.2) is 18.2 Å². The third kappa shape index (κ3) is 5.20. The molecule has 4 heteroatoms. The van der Waals surface area contributed by atoms with Crippen molar-refractivity contribution in [1.29, 1.82) is 0 Å². The Morgan fingerprint density at radius 2 is 2.10 bits per heavy atom. The standard InChI is InChI=1S/C17H27FN2O/c1-2-3-4-5-13-21-15-7-8-17(16(18)14-15)20-11-6-9-19-10-12-20/h7-8,14,19H,2-6,9-13H2,1H3. The third-order valence-corrected chi connectivity index (χ3v) is 3.87. The van der Waals surface area contributed by atoms with Gasteiger partial charge in [0.05, 0.1) is 12.3 Å². The summed E-state index contributed by atoms with van der Waals surface area (Å²) in [7, 11) is 0. The van der Waals surface area contributed by atoms with Gasteiger partial charge in [0.25, 0.3) is 0 Å². The first-order valence-corrected chi connectivity index (χ1v) is 8.19. The minimum absolute atomic E-state index is 0.178. The van der Waals surface area contributed by atoms with Crippen molar-refractivity contribution in [2.45, 2.75) is 39.0 Å². The van der Waals surface area contributed by atoms with E-state index < -0.39 is 0 Å². The number of nitrogens with zero attached hydrogens (tertiary/aromatic N) is 1. The number of halogens is 1. The predicted molar refractivity (Wildman–Crippen MR) is 85.7 cm³/mol. The highest BCUT2D eigenvalue weighted by molar-refractivity contribution is 5.50. The second kappa shape index (κ2) is 8.88. The Bertz CT molecular complexity index is 417. The molecule has 118 valence electrons. The molecule has 0 atom stereocenters. The first kappa shape index (κ1) is 16.1. The van der Waals surface area contributed by atoms with E-state index in [2.05, 4.69) is 17.1 Å². The summed E-state index contributed by atoms with van der Waals surface area (Å²) in [5.74, 6) is 0.462. The maximum atomic E-state index is 14.3. The Morgan fingerprint density at radius 3 is 2.90 bits per heavy atom. The van der Waals surface area contributed by atoms with Gasteiger partial charge in [-0.1, -0.05) is 26.2 Å². The van der Waals surface area contributed by atoms with Crippen LogP contribution in [0.4, 0.5) is 10.1 Å². The molecule has 1 N–H and O–H groups in total. The molecule has 0 aliphatic carbocycles. The zero-order valence-electron chi connectivity index (χ0n) is 13.0. The molecule has 21 heavy (non-hydrogen) atoms. The summed E-state index contributed by atoms with van der Waals surface area (Å²) in [6.45, 7) is 6.54. The Hall–Kier alpha value is -1.29. The van der Waals surface area contributed by atoms with Crippen molar-refractivity contribution in [3.8, 4) is 5.75 Å². The van der Waals surface area contributed by atoms with Gasteiger partial charge in [0.1, 0.15) is 11.6 Å². The quantitative estimate of drug-likeness (QED) is 0.778. The van der Waals surface area contributed by atoms with Crippen LogP contribution in [0.25, 0.3) is 0 Å². The number of unbranched alkanes of at least 4 members (excludes halogenated alkanes) is 3. The smallest absolute Gasteiger partial charge is 0.150 e. The summed E-state index contributed by atoms with van der Waals surface area (Å²) in [5, 5.41) is 3.33. The van der Waals surface area contributed by atoms with Gasteiger partial charge in [-0.15, -0.1) is 0 Å². The molecule has 0 unspecified atom stereocenters. The zero-order valence-corrected chi connectivity index (χ0v) is 13.0. The summed E-state index contributed by atoms with van der Waals surface area (Å²) < 4.78 is 19.9. The van der Waals surface area contributed by atoms with Gasteiger partial charge in [-0.05, 0) is 31.5 Å². The first-order chi connectivity index (χ1) is 10.3. The fourth-order valence-corrected chi connectivity index (χ4v) is 2.64. The first-order valence-electron chi connectivity index (χ1n) is 8.19. The van der Waals surface area contributed by atoms with E-state index in [0.717, 1.165) is 39.0 Å². The molecule has 1 aromatic rings. The topological polar surface area (TPSA) is 24.5 Å². The lowest BCUT2D eigenvalue weighted by molar-refractivity contribution is 0.303. The van der Waals surface area contributed by atoms with Crippen molar-refractivity contribution < 1.29 is 9.13 Å². The van der Waals surface area contributed by atoms with Gasteiger partial charge in [0, 0.05) is 25.7 Å². The lowest BCUT2D eigenvalue weighted by Gasteiger charge is -2.23. The fourth-order valence-electron chi connectivity index (χ4n) is 2.64. The Kier molecular flexibility index (Phi) is 6.80. The van der Waals surface area contributed by atoms with Crippen LogP contribution in [0.1, 0.15) is 39.0 Å². The number of hydrogen-bond acceptors (Lipinski definition) is 3. The second-order valence-electron chi connectivity index (χ2n) is 5.61. The number of rotatable bonds is 7. The van der Waals surface area contributed by atoms with E-state index in [1.165, 1.54) is 25.3 Å². The maximum absolute atomic E-state index is 14.3. The lowest BCUT2D eigenvalue weighted by atomic mass is 10.2. The molecule has 1 fully saturated rings. The normalized spacial score (nSPS) is 15.8. The van der Waals surface area contributed by atoms with E-state index in [0.29, 0.717) is 18.0 Å². The van der Waals surface area contributed by atoms with E-state index >= 15 is 0 Å². The van der Waals surface area contributed by atoms with Gasteiger partial charge < -0.3 is 15.0 Å². The molecule has 0 saturated carbocycles. The van der Waals surface area contributed by atoms with Crippen LogP contribution in [0.5, 0.6) is 5.75 Å². The molecule has 0 spiro atoms. The van der Waals surface area contributed by atoms with Crippen LogP contribution in [0.2, 0.25) is 0 Å². The van der Waals surface area contributed by atoms with E-state index in [4.69, 9.17) is 4.74 Å². The summed E-state index contributed by atoms with van der Waals surface area (Å²) in [6.07, 6.45) is 5.72. The van der Waals surface area contributed by atoms with Gasteiger partial charge in [-0.3, -0.25) is 0 Å². The van der Waals surface area contributed by atoms with Crippen molar-refractivity contribution in [2.24, 2.45) is 0 Å². The monoisotopic (exact) mass is 294 g/mol. The average molecular weight is 294 g/mol. The van der Waals surface area contributed by atoms with Crippen molar-refractivity contribution in [3.63, 3.8) is 0 Å². The Labute approximate surface area is 127 Å². The van der Waals surface area contributed by atoms with Gasteiger partial charge in [-0.25, -0.2) is 4.39 Å². The molecule has 1 aliphatic rings. The van der Waals surface area contributed by atoms with Gasteiger partial charge >= 0.3 is 0 Å². The van der Waals surface area contributed by atoms with Crippen LogP contribution in [0.3, 0.4) is 0 Å². The average Bonchev–Trinajstić information content (AvgIpc) is 2.76. The molecule has 1 saturated heterocycles. The van der Waals surface area contributed by atoms with Crippen LogP contribution in [-0.4, -0.2) is 32.8 Å². The third-order valence-electron chi connectivity index (χ3n) is 3.87. The van der Waals surface area contributed by atoms with Gasteiger partial charge in [-0.2, -0.15) is 0 Å². The number of anilines is 1. The van der Waals surface area contributed by atoms with Crippen LogP contribution in [0, 0.1) is 5.82 Å². The number of nitrogens with one attached hydrogen (secondary N) is 1. The van der Waals surface area contributed by atoms with Crippen molar-refractivity contribution >= 4 is 5.69 Å². The zero-order chi connectivity index (χ0) is 14.9. The summed E-state index contributed by atoms with van der Waals surface area (Å²) in [6, 6.07) is 5.26. The second-order valence-corrected chi connectivity index (χ2v) is 5.61. The highest BCUT2D eigenvalue weighted by atomic mass is 19.1. The van der Waals surface area contributed by atoms with Crippen molar-refractivity contribution in [3.05, 3.63) is 24.0 Å². The minimum Gasteiger partial charge on any atom is -0.493 e. The summed E-state index contributed by atoms with van der Waals surface area (Å²) >= 11 is 0. The molecule has 1 aromatic carbocycles. The number of ether oxygens (including phenoxy) is 1. The lowest BCUT2D eigenvalue weighted by Crippen LogP contribution is -2.28. The maximum Gasteiger partial charge on any atom is 0.150 e. The summed E-state index contributed by atoms with van der Waals surface area (Å²) in [4.78, 5) is 2.11.